The fourth-order valence-electron chi connectivity index (χ4n) is 3.11. The van der Waals surface area contributed by atoms with Gasteiger partial charge in [-0.3, -0.25) is 14.0 Å². The molecule has 2 N–H and O–H groups in total. The number of hydrogen-bond donors (Lipinski definition) is 2. The van der Waals surface area contributed by atoms with Gasteiger partial charge in [-0.25, -0.2) is 9.37 Å². The van der Waals surface area contributed by atoms with Crippen molar-refractivity contribution in [3.63, 3.8) is 0 Å². The summed E-state index contributed by atoms with van der Waals surface area (Å²) in [6.45, 7) is 6.22. The molecule has 0 aliphatic carbocycles. The molecular formula is C25H26ClFN6O2. The summed E-state index contributed by atoms with van der Waals surface area (Å²) in [5.74, 6) is -0.421. The first-order chi connectivity index (χ1) is 16.8. The van der Waals surface area contributed by atoms with Crippen LogP contribution in [0, 0.1) is 12.7 Å². The number of nitrogens with zero attached hydrogens (tertiary/aromatic N) is 4. The normalized spacial score (nSPS) is 10.4. The maximum atomic E-state index is 14.2. The van der Waals surface area contributed by atoms with Gasteiger partial charge < -0.3 is 15.5 Å². The number of anilines is 4. The lowest BCUT2D eigenvalue weighted by atomic mass is 10.1. The minimum Gasteiger partial charge on any atom is -0.352 e. The molecule has 3 aromatic rings. The SMILES string of the molecule is C=CC(=O)N(C)c1cc(Nc2ccnc(N(Cl)CCCNC(=O)c3ccc(C)cc3)n2)ccc1F. The summed E-state index contributed by atoms with van der Waals surface area (Å²) in [5.41, 5.74) is 2.31. The predicted molar refractivity (Wildman–Crippen MR) is 137 cm³/mol. The number of aryl methyl sites for hydroxylation is 1. The Morgan fingerprint density at radius 1 is 1.17 bits per heavy atom. The molecule has 3 rings (SSSR count). The van der Waals surface area contributed by atoms with E-state index >= 15 is 0 Å². The topological polar surface area (TPSA) is 90.5 Å². The first-order valence-corrected chi connectivity index (χ1v) is 11.2. The fourth-order valence-corrected chi connectivity index (χ4v) is 3.31. The molecule has 35 heavy (non-hydrogen) atoms. The van der Waals surface area contributed by atoms with Gasteiger partial charge in [0.15, 0.2) is 0 Å². The van der Waals surface area contributed by atoms with Gasteiger partial charge in [0.05, 0.1) is 5.69 Å². The largest absolute Gasteiger partial charge is 0.352 e. The summed E-state index contributed by atoms with van der Waals surface area (Å²) in [4.78, 5) is 33.7. The van der Waals surface area contributed by atoms with E-state index in [0.29, 0.717) is 36.6 Å². The number of rotatable bonds is 10. The minimum absolute atomic E-state index is 0.0980. The Bertz CT molecular complexity index is 1200. The zero-order valence-corrected chi connectivity index (χ0v) is 20.2. The molecule has 10 heteroatoms. The Balaban J connectivity index is 1.56. The second kappa shape index (κ2) is 11.9. The molecule has 2 amide bonds. The Morgan fingerprint density at radius 3 is 2.63 bits per heavy atom. The first kappa shape index (κ1) is 25.6. The second-order valence-corrected chi connectivity index (χ2v) is 8.10. The molecule has 1 aromatic heterocycles. The highest BCUT2D eigenvalue weighted by molar-refractivity contribution is 6.25. The van der Waals surface area contributed by atoms with Crippen LogP contribution < -0.4 is 20.0 Å². The minimum atomic E-state index is -0.543. The summed E-state index contributed by atoms with van der Waals surface area (Å²) >= 11 is 6.33. The number of likely N-dealkylation sites (N-methyl/N-ethyl adjacent to an activating group) is 1. The molecule has 0 saturated heterocycles. The molecule has 0 spiro atoms. The van der Waals surface area contributed by atoms with Crippen molar-refractivity contribution in [2.45, 2.75) is 13.3 Å². The molecule has 0 bridgehead atoms. The highest BCUT2D eigenvalue weighted by Crippen LogP contribution is 2.25. The molecule has 0 aliphatic heterocycles. The van der Waals surface area contributed by atoms with E-state index in [0.717, 1.165) is 16.5 Å². The van der Waals surface area contributed by atoms with Crippen LogP contribution in [0.5, 0.6) is 0 Å². The summed E-state index contributed by atoms with van der Waals surface area (Å²) in [6.07, 6.45) is 3.23. The lowest BCUT2D eigenvalue weighted by Crippen LogP contribution is -2.27. The highest BCUT2D eigenvalue weighted by atomic mass is 35.5. The number of nitrogens with one attached hydrogen (secondary N) is 2. The van der Waals surface area contributed by atoms with Gasteiger partial charge in [-0.2, -0.15) is 4.98 Å². The van der Waals surface area contributed by atoms with E-state index in [2.05, 4.69) is 27.2 Å². The van der Waals surface area contributed by atoms with Gasteiger partial charge in [-0.15, -0.1) is 0 Å². The van der Waals surface area contributed by atoms with Crippen molar-refractivity contribution in [2.75, 3.05) is 34.8 Å². The second-order valence-electron chi connectivity index (χ2n) is 7.70. The number of benzene rings is 2. The number of aromatic nitrogens is 2. The van der Waals surface area contributed by atoms with Crippen LogP contribution in [0.4, 0.5) is 27.5 Å². The monoisotopic (exact) mass is 496 g/mol. The Labute approximate surface area is 208 Å². The van der Waals surface area contributed by atoms with Crippen LogP contribution in [-0.4, -0.2) is 41.9 Å². The molecule has 0 unspecified atom stereocenters. The van der Waals surface area contributed by atoms with E-state index in [1.165, 1.54) is 35.9 Å². The molecule has 182 valence electrons. The van der Waals surface area contributed by atoms with E-state index < -0.39 is 11.7 Å². The van der Waals surface area contributed by atoms with Crippen LogP contribution in [0.3, 0.4) is 0 Å². The van der Waals surface area contributed by atoms with E-state index in [1.54, 1.807) is 18.2 Å². The molecular weight excluding hydrogens is 471 g/mol. The average molecular weight is 497 g/mol. The van der Waals surface area contributed by atoms with E-state index in [4.69, 9.17) is 11.8 Å². The Kier molecular flexibility index (Phi) is 8.74. The van der Waals surface area contributed by atoms with Crippen LogP contribution in [0.15, 0.2) is 67.4 Å². The van der Waals surface area contributed by atoms with Gasteiger partial charge in [0.2, 0.25) is 11.9 Å². The summed E-state index contributed by atoms with van der Waals surface area (Å²) < 4.78 is 15.6. The maximum Gasteiger partial charge on any atom is 0.251 e. The lowest BCUT2D eigenvalue weighted by molar-refractivity contribution is -0.113. The van der Waals surface area contributed by atoms with E-state index in [9.17, 15) is 14.0 Å². The van der Waals surface area contributed by atoms with Gasteiger partial charge in [-0.1, -0.05) is 24.3 Å². The number of carbonyl (C=O) groups is 2. The van der Waals surface area contributed by atoms with Crippen molar-refractivity contribution in [1.29, 1.82) is 0 Å². The summed E-state index contributed by atoms with van der Waals surface area (Å²) in [5, 5.41) is 5.92. The zero-order chi connectivity index (χ0) is 25.4. The van der Waals surface area contributed by atoms with Gasteiger partial charge in [0, 0.05) is 49.4 Å². The van der Waals surface area contributed by atoms with Crippen molar-refractivity contribution in [3.8, 4) is 0 Å². The van der Waals surface area contributed by atoms with Crippen LogP contribution in [0.1, 0.15) is 22.3 Å². The van der Waals surface area contributed by atoms with Crippen LogP contribution in [-0.2, 0) is 4.79 Å². The molecule has 0 aliphatic rings. The van der Waals surface area contributed by atoms with Crippen LogP contribution in [0.25, 0.3) is 0 Å². The molecule has 0 radical (unpaired) electrons. The zero-order valence-electron chi connectivity index (χ0n) is 19.5. The quantitative estimate of drug-likeness (QED) is 0.242. The Morgan fingerprint density at radius 2 is 1.91 bits per heavy atom. The van der Waals surface area contributed by atoms with Gasteiger partial charge >= 0.3 is 0 Å². The molecule has 2 aromatic carbocycles. The fraction of sp³-hybridized carbons (Fsp3) is 0.200. The van der Waals surface area contributed by atoms with Crippen LogP contribution >= 0.6 is 11.8 Å². The Hall–Kier alpha value is -3.98. The van der Waals surface area contributed by atoms with Crippen LogP contribution in [0.2, 0.25) is 0 Å². The number of carbonyl (C=O) groups excluding carboxylic acids is 2. The highest BCUT2D eigenvalue weighted by Gasteiger charge is 2.14. The van der Waals surface area contributed by atoms with E-state index in [-0.39, 0.29) is 17.5 Å². The third kappa shape index (κ3) is 7.00. The van der Waals surface area contributed by atoms with E-state index in [1.807, 2.05) is 19.1 Å². The molecule has 0 saturated carbocycles. The number of amides is 2. The lowest BCUT2D eigenvalue weighted by Gasteiger charge is -2.18. The first-order valence-electron chi connectivity index (χ1n) is 10.9. The van der Waals surface area contributed by atoms with Gasteiger partial charge in [0.1, 0.15) is 11.6 Å². The molecule has 8 nitrogen and oxygen atoms in total. The average Bonchev–Trinajstić information content (AvgIpc) is 2.87. The number of hydrogen-bond acceptors (Lipinski definition) is 6. The molecule has 0 atom stereocenters. The molecule has 0 fully saturated rings. The summed E-state index contributed by atoms with van der Waals surface area (Å²) in [6, 6.07) is 13.3. The third-order valence-electron chi connectivity index (χ3n) is 5.08. The smallest absolute Gasteiger partial charge is 0.251 e. The summed E-state index contributed by atoms with van der Waals surface area (Å²) in [7, 11) is 1.46. The van der Waals surface area contributed by atoms with Gasteiger partial charge in [0.25, 0.3) is 5.91 Å². The third-order valence-corrected chi connectivity index (χ3v) is 5.40. The van der Waals surface area contributed by atoms with Crippen molar-refractivity contribution >= 4 is 46.7 Å². The maximum absolute atomic E-state index is 14.2. The van der Waals surface area contributed by atoms with Crippen molar-refractivity contribution in [2.24, 2.45) is 0 Å². The van der Waals surface area contributed by atoms with Crippen molar-refractivity contribution < 1.29 is 14.0 Å². The predicted octanol–water partition coefficient (Wildman–Crippen LogP) is 4.60. The standard InChI is InChI=1S/C25H26ClFN6O2/c1-4-23(34)32(3)21-16-19(10-11-20(21)27)30-22-12-14-29-25(31-22)33(26)15-5-13-28-24(35)18-8-6-17(2)7-9-18/h4,6-12,14,16H,1,5,13,15H2,2-3H3,(H,28,35)(H,29,30,31). The van der Waals surface area contributed by atoms with Crippen molar-refractivity contribution in [3.05, 3.63) is 84.3 Å². The number of halogens is 2. The molecule has 1 heterocycles. The van der Waals surface area contributed by atoms with Gasteiger partial charge in [-0.05, 0) is 55.8 Å². The van der Waals surface area contributed by atoms with Crippen molar-refractivity contribution in [1.82, 2.24) is 15.3 Å².